The van der Waals surface area contributed by atoms with Gasteiger partial charge in [0.15, 0.2) is 6.10 Å². The van der Waals surface area contributed by atoms with Gasteiger partial charge in [-0.15, -0.1) is 0 Å². The number of anilines is 1. The Morgan fingerprint density at radius 3 is 2.39 bits per heavy atom. The van der Waals surface area contributed by atoms with Crippen molar-refractivity contribution in [2.24, 2.45) is 7.05 Å². The maximum Gasteiger partial charge on any atom is 0.339 e. The highest BCUT2D eigenvalue weighted by Gasteiger charge is 2.23. The summed E-state index contributed by atoms with van der Waals surface area (Å²) in [5.41, 5.74) is 2.54. The standard InChI is InChI=1S/C21H23N3O4/c1-12-19(13(2)24(4)23-12)22-20(25)14(3)28-21(26)17-10-11-18(27-5)16-9-7-6-8-15(16)17/h6-11,14H,1-5H3,(H,22,25)/t14-/m0/s1. The van der Waals surface area contributed by atoms with Crippen LogP contribution in [0.2, 0.25) is 0 Å². The third kappa shape index (κ3) is 3.55. The zero-order valence-corrected chi connectivity index (χ0v) is 16.6. The Kier molecular flexibility index (Phi) is 5.35. The van der Waals surface area contributed by atoms with E-state index in [0.29, 0.717) is 28.1 Å². The molecule has 0 spiro atoms. The Labute approximate surface area is 163 Å². The molecule has 1 atom stereocenters. The summed E-state index contributed by atoms with van der Waals surface area (Å²) in [6.07, 6.45) is -0.965. The second-order valence-corrected chi connectivity index (χ2v) is 6.57. The number of nitrogens with zero attached hydrogens (tertiary/aromatic N) is 2. The molecule has 0 saturated heterocycles. The molecule has 3 rings (SSSR count). The monoisotopic (exact) mass is 381 g/mol. The van der Waals surface area contributed by atoms with Crippen molar-refractivity contribution >= 4 is 28.3 Å². The van der Waals surface area contributed by atoms with E-state index in [0.717, 1.165) is 11.1 Å². The number of carbonyl (C=O) groups excluding carboxylic acids is 2. The molecule has 0 fully saturated rings. The number of rotatable bonds is 5. The summed E-state index contributed by atoms with van der Waals surface area (Å²) in [5, 5.41) is 8.57. The first-order chi connectivity index (χ1) is 13.3. The van der Waals surface area contributed by atoms with Crippen molar-refractivity contribution in [3.63, 3.8) is 0 Å². The molecule has 0 aliphatic heterocycles. The fourth-order valence-electron chi connectivity index (χ4n) is 3.08. The van der Waals surface area contributed by atoms with Crippen LogP contribution in [-0.2, 0) is 16.6 Å². The van der Waals surface area contributed by atoms with E-state index in [1.165, 1.54) is 0 Å². The summed E-state index contributed by atoms with van der Waals surface area (Å²) in [6.45, 7) is 5.21. The molecule has 28 heavy (non-hydrogen) atoms. The number of carbonyl (C=O) groups is 2. The molecule has 0 radical (unpaired) electrons. The first-order valence-electron chi connectivity index (χ1n) is 8.91. The second kappa shape index (κ2) is 7.72. The highest BCUT2D eigenvalue weighted by Crippen LogP contribution is 2.29. The van der Waals surface area contributed by atoms with Gasteiger partial charge in [0.05, 0.1) is 29.7 Å². The van der Waals surface area contributed by atoms with Crippen LogP contribution in [0.1, 0.15) is 28.7 Å². The van der Waals surface area contributed by atoms with Gasteiger partial charge in [0.2, 0.25) is 0 Å². The molecule has 146 valence electrons. The topological polar surface area (TPSA) is 82.4 Å². The van der Waals surface area contributed by atoms with E-state index >= 15 is 0 Å². The number of hydrogen-bond donors (Lipinski definition) is 1. The van der Waals surface area contributed by atoms with Gasteiger partial charge in [-0.2, -0.15) is 5.10 Å². The highest BCUT2D eigenvalue weighted by molar-refractivity contribution is 6.07. The molecule has 0 aliphatic carbocycles. The average Bonchev–Trinajstić information content (AvgIpc) is 2.92. The van der Waals surface area contributed by atoms with Crippen LogP contribution in [-0.4, -0.2) is 34.9 Å². The Morgan fingerprint density at radius 1 is 1.11 bits per heavy atom. The molecule has 0 saturated carbocycles. The van der Waals surface area contributed by atoms with Gasteiger partial charge in [-0.05, 0) is 38.3 Å². The van der Waals surface area contributed by atoms with Crippen molar-refractivity contribution < 1.29 is 19.1 Å². The number of methoxy groups -OCH3 is 1. The van der Waals surface area contributed by atoms with Gasteiger partial charge in [-0.1, -0.05) is 24.3 Å². The maximum absolute atomic E-state index is 12.7. The first kappa shape index (κ1) is 19.4. The summed E-state index contributed by atoms with van der Waals surface area (Å²) in [7, 11) is 3.38. The van der Waals surface area contributed by atoms with Gasteiger partial charge in [0.25, 0.3) is 5.91 Å². The van der Waals surface area contributed by atoms with Crippen LogP contribution >= 0.6 is 0 Å². The number of aryl methyl sites for hydroxylation is 2. The number of benzene rings is 2. The van der Waals surface area contributed by atoms with E-state index < -0.39 is 18.0 Å². The first-order valence-corrected chi connectivity index (χ1v) is 8.91. The van der Waals surface area contributed by atoms with Crippen LogP contribution in [0.25, 0.3) is 10.8 Å². The molecule has 1 aromatic heterocycles. The molecule has 7 heteroatoms. The molecule has 2 aromatic carbocycles. The van der Waals surface area contributed by atoms with E-state index in [1.807, 2.05) is 38.1 Å². The van der Waals surface area contributed by atoms with Crippen LogP contribution < -0.4 is 10.1 Å². The lowest BCUT2D eigenvalue weighted by molar-refractivity contribution is -0.123. The minimum Gasteiger partial charge on any atom is -0.496 e. The number of aromatic nitrogens is 2. The van der Waals surface area contributed by atoms with Crippen molar-refractivity contribution in [1.82, 2.24) is 9.78 Å². The molecular formula is C21H23N3O4. The van der Waals surface area contributed by atoms with E-state index in [1.54, 1.807) is 37.9 Å². The van der Waals surface area contributed by atoms with Crippen molar-refractivity contribution in [1.29, 1.82) is 0 Å². The third-order valence-corrected chi connectivity index (χ3v) is 4.73. The third-order valence-electron chi connectivity index (χ3n) is 4.73. The Hall–Kier alpha value is -3.35. The molecule has 1 N–H and O–H groups in total. The van der Waals surface area contributed by atoms with E-state index in [2.05, 4.69) is 10.4 Å². The van der Waals surface area contributed by atoms with Crippen molar-refractivity contribution in [2.45, 2.75) is 26.9 Å². The Balaban J connectivity index is 1.79. The number of hydrogen-bond acceptors (Lipinski definition) is 5. The van der Waals surface area contributed by atoms with Gasteiger partial charge >= 0.3 is 5.97 Å². The molecule has 7 nitrogen and oxygen atoms in total. The van der Waals surface area contributed by atoms with Gasteiger partial charge in [-0.3, -0.25) is 9.48 Å². The van der Waals surface area contributed by atoms with Crippen LogP contribution in [0.3, 0.4) is 0 Å². The van der Waals surface area contributed by atoms with Gasteiger partial charge in [0.1, 0.15) is 5.75 Å². The number of nitrogens with one attached hydrogen (secondary N) is 1. The largest absolute Gasteiger partial charge is 0.496 e. The number of ether oxygens (including phenoxy) is 2. The van der Waals surface area contributed by atoms with Gasteiger partial charge in [0, 0.05) is 12.4 Å². The van der Waals surface area contributed by atoms with Crippen molar-refractivity contribution in [3.05, 3.63) is 53.3 Å². The lowest BCUT2D eigenvalue weighted by atomic mass is 10.0. The van der Waals surface area contributed by atoms with Crippen molar-refractivity contribution in [3.8, 4) is 5.75 Å². The zero-order chi connectivity index (χ0) is 20.4. The number of esters is 1. The maximum atomic E-state index is 12.7. The minimum atomic E-state index is -0.965. The predicted octanol–water partition coefficient (Wildman–Crippen LogP) is 3.38. The fraction of sp³-hybridized carbons (Fsp3) is 0.286. The second-order valence-electron chi connectivity index (χ2n) is 6.57. The van der Waals surface area contributed by atoms with E-state index in [4.69, 9.17) is 9.47 Å². The molecule has 0 bridgehead atoms. The summed E-state index contributed by atoms with van der Waals surface area (Å²) in [4.78, 5) is 25.2. The predicted molar refractivity (Wildman–Crippen MR) is 107 cm³/mol. The quantitative estimate of drug-likeness (QED) is 0.685. The number of fused-ring (bicyclic) bond motifs is 1. The summed E-state index contributed by atoms with van der Waals surface area (Å²) in [6, 6.07) is 10.8. The molecule has 1 amide bonds. The summed E-state index contributed by atoms with van der Waals surface area (Å²) in [5.74, 6) is -0.313. The molecular weight excluding hydrogens is 358 g/mol. The zero-order valence-electron chi connectivity index (χ0n) is 16.6. The summed E-state index contributed by atoms with van der Waals surface area (Å²) < 4.78 is 12.5. The molecule has 0 unspecified atom stereocenters. The van der Waals surface area contributed by atoms with Crippen LogP contribution in [0, 0.1) is 13.8 Å². The Bertz CT molecular complexity index is 1060. The lowest BCUT2D eigenvalue weighted by Gasteiger charge is -2.15. The molecule has 3 aromatic rings. The van der Waals surface area contributed by atoms with Crippen LogP contribution in [0.15, 0.2) is 36.4 Å². The molecule has 0 aliphatic rings. The smallest absolute Gasteiger partial charge is 0.339 e. The SMILES string of the molecule is COc1ccc(C(=O)O[C@@H](C)C(=O)Nc2c(C)nn(C)c2C)c2ccccc12. The van der Waals surface area contributed by atoms with Crippen LogP contribution in [0.4, 0.5) is 5.69 Å². The Morgan fingerprint density at radius 2 is 1.79 bits per heavy atom. The summed E-state index contributed by atoms with van der Waals surface area (Å²) >= 11 is 0. The van der Waals surface area contributed by atoms with E-state index in [-0.39, 0.29) is 0 Å². The average molecular weight is 381 g/mol. The van der Waals surface area contributed by atoms with Gasteiger partial charge < -0.3 is 14.8 Å². The lowest BCUT2D eigenvalue weighted by Crippen LogP contribution is -2.30. The van der Waals surface area contributed by atoms with Crippen molar-refractivity contribution in [2.75, 3.05) is 12.4 Å². The van der Waals surface area contributed by atoms with Crippen LogP contribution in [0.5, 0.6) is 5.75 Å². The number of amides is 1. The fourth-order valence-corrected chi connectivity index (χ4v) is 3.08. The van der Waals surface area contributed by atoms with Gasteiger partial charge in [-0.25, -0.2) is 4.79 Å². The molecule has 1 heterocycles. The highest BCUT2D eigenvalue weighted by atomic mass is 16.5. The minimum absolute atomic E-state index is 0.379. The normalized spacial score (nSPS) is 11.9. The van der Waals surface area contributed by atoms with E-state index in [9.17, 15) is 9.59 Å².